The van der Waals surface area contributed by atoms with Crippen LogP contribution in [0.15, 0.2) is 48.7 Å². The smallest absolute Gasteiger partial charge is 0.123 e. The van der Waals surface area contributed by atoms with E-state index in [2.05, 4.69) is 30.1 Å². The molecule has 0 atom stereocenters. The van der Waals surface area contributed by atoms with Gasteiger partial charge in [-0.3, -0.25) is 0 Å². The van der Waals surface area contributed by atoms with E-state index in [0.717, 1.165) is 17.5 Å². The van der Waals surface area contributed by atoms with Gasteiger partial charge in [-0.25, -0.2) is 4.39 Å². The monoisotopic (exact) mass is 239 g/mol. The van der Waals surface area contributed by atoms with Crippen LogP contribution in [0.25, 0.3) is 10.9 Å². The van der Waals surface area contributed by atoms with Gasteiger partial charge < -0.3 is 4.98 Å². The molecule has 90 valence electrons. The van der Waals surface area contributed by atoms with Crippen molar-refractivity contribution in [2.75, 3.05) is 0 Å². The first kappa shape index (κ1) is 11.0. The molecule has 0 radical (unpaired) electrons. The van der Waals surface area contributed by atoms with E-state index >= 15 is 0 Å². The van der Waals surface area contributed by atoms with E-state index < -0.39 is 0 Å². The summed E-state index contributed by atoms with van der Waals surface area (Å²) < 4.78 is 12.8. The average Bonchev–Trinajstić information content (AvgIpc) is 2.74. The Hall–Kier alpha value is -2.09. The molecule has 3 rings (SSSR count). The maximum Gasteiger partial charge on any atom is 0.123 e. The molecule has 2 aromatic carbocycles. The predicted molar refractivity (Wildman–Crippen MR) is 72.2 cm³/mol. The van der Waals surface area contributed by atoms with Gasteiger partial charge in [0, 0.05) is 17.1 Å². The van der Waals surface area contributed by atoms with Crippen molar-refractivity contribution in [2.24, 2.45) is 0 Å². The number of hydrogen-bond donors (Lipinski definition) is 1. The minimum Gasteiger partial charge on any atom is -0.361 e. The van der Waals surface area contributed by atoms with Gasteiger partial charge >= 0.3 is 0 Å². The van der Waals surface area contributed by atoms with Gasteiger partial charge in [-0.2, -0.15) is 0 Å². The zero-order chi connectivity index (χ0) is 12.5. The van der Waals surface area contributed by atoms with Crippen LogP contribution in [0.1, 0.15) is 16.7 Å². The zero-order valence-electron chi connectivity index (χ0n) is 10.2. The lowest BCUT2D eigenvalue weighted by atomic mass is 10.0. The second-order valence-corrected chi connectivity index (χ2v) is 4.65. The molecule has 0 saturated carbocycles. The van der Waals surface area contributed by atoms with E-state index in [-0.39, 0.29) is 5.82 Å². The SMILES string of the molecule is Cc1c[nH]c2cc(Cc3ccc(F)cc3)ccc12. The van der Waals surface area contributed by atoms with Crippen LogP contribution in [-0.2, 0) is 6.42 Å². The summed E-state index contributed by atoms with van der Waals surface area (Å²) in [5.74, 6) is -0.186. The molecule has 1 nitrogen and oxygen atoms in total. The van der Waals surface area contributed by atoms with Crippen LogP contribution in [0.3, 0.4) is 0 Å². The van der Waals surface area contributed by atoms with E-state index in [4.69, 9.17) is 0 Å². The molecule has 18 heavy (non-hydrogen) atoms. The molecule has 0 unspecified atom stereocenters. The molecule has 2 heteroatoms. The summed E-state index contributed by atoms with van der Waals surface area (Å²) in [5.41, 5.74) is 4.78. The number of benzene rings is 2. The fourth-order valence-corrected chi connectivity index (χ4v) is 2.27. The summed E-state index contributed by atoms with van der Waals surface area (Å²) in [5, 5.41) is 1.26. The first-order chi connectivity index (χ1) is 8.72. The van der Waals surface area contributed by atoms with Gasteiger partial charge in [-0.1, -0.05) is 24.3 Å². The summed E-state index contributed by atoms with van der Waals surface area (Å²) in [6, 6.07) is 13.1. The summed E-state index contributed by atoms with van der Waals surface area (Å²) in [4.78, 5) is 3.26. The molecule has 1 heterocycles. The summed E-state index contributed by atoms with van der Waals surface area (Å²) in [6.07, 6.45) is 2.85. The van der Waals surface area contributed by atoms with Crippen LogP contribution in [-0.4, -0.2) is 4.98 Å². The molecule has 0 amide bonds. The average molecular weight is 239 g/mol. The van der Waals surface area contributed by atoms with Crippen molar-refractivity contribution in [3.63, 3.8) is 0 Å². The third-order valence-corrected chi connectivity index (χ3v) is 3.27. The largest absolute Gasteiger partial charge is 0.361 e. The first-order valence-corrected chi connectivity index (χ1v) is 6.03. The molecule has 0 aliphatic heterocycles. The van der Waals surface area contributed by atoms with Crippen LogP contribution in [0.2, 0.25) is 0 Å². The van der Waals surface area contributed by atoms with Gasteiger partial charge in [0.2, 0.25) is 0 Å². The molecular weight excluding hydrogens is 225 g/mol. The van der Waals surface area contributed by atoms with Gasteiger partial charge in [0.15, 0.2) is 0 Å². The summed E-state index contributed by atoms with van der Waals surface area (Å²) in [7, 11) is 0. The van der Waals surface area contributed by atoms with Crippen molar-refractivity contribution in [1.82, 2.24) is 4.98 Å². The van der Waals surface area contributed by atoms with Crippen molar-refractivity contribution >= 4 is 10.9 Å². The van der Waals surface area contributed by atoms with Crippen LogP contribution >= 0.6 is 0 Å². The van der Waals surface area contributed by atoms with Gasteiger partial charge in [-0.05, 0) is 48.2 Å². The van der Waals surface area contributed by atoms with Crippen LogP contribution in [0.4, 0.5) is 4.39 Å². The number of aromatic amines is 1. The second kappa shape index (κ2) is 4.30. The van der Waals surface area contributed by atoms with E-state index in [9.17, 15) is 4.39 Å². The third kappa shape index (κ3) is 2.02. The van der Waals surface area contributed by atoms with Crippen molar-refractivity contribution in [3.05, 3.63) is 71.2 Å². The highest BCUT2D eigenvalue weighted by molar-refractivity contribution is 5.83. The van der Waals surface area contributed by atoms with E-state index in [1.165, 1.54) is 28.6 Å². The Balaban J connectivity index is 1.92. The molecule has 0 aliphatic carbocycles. The molecule has 0 fully saturated rings. The molecule has 1 N–H and O–H groups in total. The number of nitrogens with one attached hydrogen (secondary N) is 1. The number of aryl methyl sites for hydroxylation is 1. The standard InChI is InChI=1S/C16H14FN/c1-11-10-18-16-9-13(4-7-15(11)16)8-12-2-5-14(17)6-3-12/h2-7,9-10,18H,8H2,1H3. The number of fused-ring (bicyclic) bond motifs is 1. The van der Waals surface area contributed by atoms with Crippen molar-refractivity contribution < 1.29 is 4.39 Å². The predicted octanol–water partition coefficient (Wildman–Crippen LogP) is 4.21. The highest BCUT2D eigenvalue weighted by Crippen LogP contribution is 2.20. The van der Waals surface area contributed by atoms with Crippen LogP contribution in [0.5, 0.6) is 0 Å². The highest BCUT2D eigenvalue weighted by atomic mass is 19.1. The van der Waals surface area contributed by atoms with Gasteiger partial charge in [0.25, 0.3) is 0 Å². The van der Waals surface area contributed by atoms with Crippen molar-refractivity contribution in [2.45, 2.75) is 13.3 Å². The summed E-state index contributed by atoms with van der Waals surface area (Å²) in [6.45, 7) is 2.10. The number of rotatable bonds is 2. The van der Waals surface area contributed by atoms with Crippen molar-refractivity contribution in [1.29, 1.82) is 0 Å². The normalized spacial score (nSPS) is 11.0. The van der Waals surface area contributed by atoms with E-state index in [1.54, 1.807) is 0 Å². The molecule has 0 saturated heterocycles. The van der Waals surface area contributed by atoms with E-state index in [0.29, 0.717) is 0 Å². The summed E-state index contributed by atoms with van der Waals surface area (Å²) >= 11 is 0. The van der Waals surface area contributed by atoms with Crippen molar-refractivity contribution in [3.8, 4) is 0 Å². The maximum absolute atomic E-state index is 12.8. The molecular formula is C16H14FN. The maximum atomic E-state index is 12.8. The van der Waals surface area contributed by atoms with Gasteiger partial charge in [0.1, 0.15) is 5.82 Å². The van der Waals surface area contributed by atoms with Gasteiger partial charge in [-0.15, -0.1) is 0 Å². The Kier molecular flexibility index (Phi) is 2.63. The number of hydrogen-bond acceptors (Lipinski definition) is 0. The number of halogens is 1. The Morgan fingerprint density at radius 2 is 1.72 bits per heavy atom. The lowest BCUT2D eigenvalue weighted by Gasteiger charge is -2.02. The molecule has 3 aromatic rings. The van der Waals surface area contributed by atoms with Gasteiger partial charge in [0.05, 0.1) is 0 Å². The Labute approximate surface area is 105 Å². The number of H-pyrrole nitrogens is 1. The van der Waals surface area contributed by atoms with Crippen LogP contribution in [0, 0.1) is 12.7 Å². The fourth-order valence-electron chi connectivity index (χ4n) is 2.27. The second-order valence-electron chi connectivity index (χ2n) is 4.65. The molecule has 0 bridgehead atoms. The lowest BCUT2D eigenvalue weighted by Crippen LogP contribution is -1.88. The quantitative estimate of drug-likeness (QED) is 0.689. The number of aromatic nitrogens is 1. The highest BCUT2D eigenvalue weighted by Gasteiger charge is 2.02. The topological polar surface area (TPSA) is 15.8 Å². The first-order valence-electron chi connectivity index (χ1n) is 6.03. The Morgan fingerprint density at radius 3 is 2.50 bits per heavy atom. The molecule has 0 aliphatic rings. The van der Waals surface area contributed by atoms with E-state index in [1.807, 2.05) is 18.3 Å². The Morgan fingerprint density at radius 1 is 1.00 bits per heavy atom. The van der Waals surface area contributed by atoms with Crippen LogP contribution < -0.4 is 0 Å². The third-order valence-electron chi connectivity index (χ3n) is 3.27. The minimum absolute atomic E-state index is 0.186. The zero-order valence-corrected chi connectivity index (χ0v) is 10.2. The molecule has 1 aromatic heterocycles. The fraction of sp³-hybridized carbons (Fsp3) is 0.125. The molecule has 0 spiro atoms. The Bertz CT molecular complexity index is 680. The minimum atomic E-state index is -0.186. The lowest BCUT2D eigenvalue weighted by molar-refractivity contribution is 0.627.